The van der Waals surface area contributed by atoms with Crippen LogP contribution in [0.25, 0.3) is 0 Å². The van der Waals surface area contributed by atoms with Gasteiger partial charge in [0.1, 0.15) is 5.60 Å². The quantitative estimate of drug-likeness (QED) is 0.591. The van der Waals surface area contributed by atoms with Gasteiger partial charge in [0.2, 0.25) is 0 Å². The lowest BCUT2D eigenvalue weighted by Gasteiger charge is -2.18. The third-order valence-corrected chi connectivity index (χ3v) is 3.76. The molecule has 0 aromatic carbocycles. The minimum atomic E-state index is -0.906. The molecule has 1 nitrogen and oxygen atoms in total. The van der Waals surface area contributed by atoms with Gasteiger partial charge < -0.3 is 5.11 Å². The maximum atomic E-state index is 9.68. The Morgan fingerprint density at radius 2 is 1.65 bits per heavy atom. The van der Waals surface area contributed by atoms with Crippen molar-refractivity contribution in [1.82, 2.24) is 0 Å². The summed E-state index contributed by atoms with van der Waals surface area (Å²) in [5.41, 5.74) is -0.906. The molecule has 0 rings (SSSR count). The molecule has 0 aromatic rings. The summed E-state index contributed by atoms with van der Waals surface area (Å²) in [7, 11) is 0. The van der Waals surface area contributed by atoms with Gasteiger partial charge in [-0.3, -0.25) is 0 Å². The van der Waals surface area contributed by atoms with Crippen LogP contribution < -0.4 is 0 Å². The van der Waals surface area contributed by atoms with Crippen molar-refractivity contribution >= 4 is 0 Å². The number of hydrogen-bond donors (Lipinski definition) is 1. The molecule has 0 fully saturated rings. The minimum Gasteiger partial charge on any atom is -0.378 e. The van der Waals surface area contributed by atoms with Gasteiger partial charge in [-0.1, -0.05) is 58.8 Å². The Morgan fingerprint density at radius 3 is 2.18 bits per heavy atom. The highest BCUT2D eigenvalue weighted by Crippen LogP contribution is 2.21. The monoisotopic (exact) mass is 238 g/mol. The SMILES string of the molecule is C#CC(C)(O)CCCC(C)CCCC(C)CC. The van der Waals surface area contributed by atoms with Crippen LogP contribution in [0.3, 0.4) is 0 Å². The fourth-order valence-corrected chi connectivity index (χ4v) is 2.03. The molecule has 0 spiro atoms. The summed E-state index contributed by atoms with van der Waals surface area (Å²) in [5, 5.41) is 9.68. The summed E-state index contributed by atoms with van der Waals surface area (Å²) in [6.45, 7) is 8.62. The predicted molar refractivity (Wildman–Crippen MR) is 75.8 cm³/mol. The molecule has 0 amide bonds. The number of rotatable bonds is 9. The van der Waals surface area contributed by atoms with Crippen LogP contribution in [-0.2, 0) is 0 Å². The Bertz CT molecular complexity index is 224. The molecule has 100 valence electrons. The van der Waals surface area contributed by atoms with Gasteiger partial charge in [0.15, 0.2) is 0 Å². The molecule has 0 aliphatic rings. The van der Waals surface area contributed by atoms with Gasteiger partial charge in [-0.2, -0.15) is 0 Å². The van der Waals surface area contributed by atoms with Crippen LogP contribution in [0, 0.1) is 24.2 Å². The van der Waals surface area contributed by atoms with Crippen LogP contribution in [0.15, 0.2) is 0 Å². The van der Waals surface area contributed by atoms with Gasteiger partial charge in [-0.25, -0.2) is 0 Å². The topological polar surface area (TPSA) is 20.2 Å². The minimum absolute atomic E-state index is 0.721. The summed E-state index contributed by atoms with van der Waals surface area (Å²) in [6.07, 6.45) is 13.5. The zero-order chi connectivity index (χ0) is 13.3. The van der Waals surface area contributed by atoms with Crippen molar-refractivity contribution < 1.29 is 5.11 Å². The van der Waals surface area contributed by atoms with Gasteiger partial charge in [-0.15, -0.1) is 6.42 Å². The second-order valence-corrected chi connectivity index (χ2v) is 5.86. The summed E-state index contributed by atoms with van der Waals surface area (Å²) in [5.74, 6) is 4.06. The molecule has 0 heterocycles. The molecule has 0 radical (unpaired) electrons. The normalized spacial score (nSPS) is 18.1. The molecule has 0 bridgehead atoms. The van der Waals surface area contributed by atoms with Crippen molar-refractivity contribution in [3.63, 3.8) is 0 Å². The highest BCUT2D eigenvalue weighted by molar-refractivity contribution is 5.03. The van der Waals surface area contributed by atoms with Crippen LogP contribution in [0.1, 0.15) is 72.6 Å². The lowest BCUT2D eigenvalue weighted by atomic mass is 9.91. The lowest BCUT2D eigenvalue weighted by Crippen LogP contribution is -2.20. The number of terminal acetylenes is 1. The highest BCUT2D eigenvalue weighted by atomic mass is 16.3. The highest BCUT2D eigenvalue weighted by Gasteiger charge is 2.16. The molecule has 0 saturated carbocycles. The molecule has 1 N–H and O–H groups in total. The van der Waals surface area contributed by atoms with E-state index in [1.54, 1.807) is 6.92 Å². The summed E-state index contributed by atoms with van der Waals surface area (Å²) in [4.78, 5) is 0. The molecular formula is C16H30O. The fraction of sp³-hybridized carbons (Fsp3) is 0.875. The molecule has 3 atom stereocenters. The Morgan fingerprint density at radius 1 is 1.12 bits per heavy atom. The van der Waals surface area contributed by atoms with Crippen molar-refractivity contribution in [2.45, 2.75) is 78.2 Å². The second-order valence-electron chi connectivity index (χ2n) is 5.86. The van der Waals surface area contributed by atoms with E-state index in [0.717, 1.165) is 24.7 Å². The molecule has 0 saturated heterocycles. The van der Waals surface area contributed by atoms with Gasteiger partial charge >= 0.3 is 0 Å². The van der Waals surface area contributed by atoms with Gasteiger partial charge in [0, 0.05) is 0 Å². The summed E-state index contributed by atoms with van der Waals surface area (Å²) < 4.78 is 0. The molecule has 0 aliphatic carbocycles. The van der Waals surface area contributed by atoms with Crippen molar-refractivity contribution in [2.75, 3.05) is 0 Å². The first kappa shape index (κ1) is 16.5. The van der Waals surface area contributed by atoms with Crippen LogP contribution in [0.4, 0.5) is 0 Å². The van der Waals surface area contributed by atoms with Crippen LogP contribution in [-0.4, -0.2) is 10.7 Å². The Balaban J connectivity index is 3.54. The third-order valence-electron chi connectivity index (χ3n) is 3.76. The first-order chi connectivity index (χ1) is 7.91. The molecule has 17 heavy (non-hydrogen) atoms. The first-order valence-corrected chi connectivity index (χ1v) is 7.11. The van der Waals surface area contributed by atoms with Crippen molar-refractivity contribution in [1.29, 1.82) is 0 Å². The predicted octanol–water partition coefficient (Wildman–Crippen LogP) is 4.39. The largest absolute Gasteiger partial charge is 0.378 e. The average Bonchev–Trinajstić information content (AvgIpc) is 2.28. The zero-order valence-electron chi connectivity index (χ0n) is 12.1. The van der Waals surface area contributed by atoms with E-state index >= 15 is 0 Å². The van der Waals surface area contributed by atoms with E-state index in [1.165, 1.54) is 32.1 Å². The number of hydrogen-bond acceptors (Lipinski definition) is 1. The maximum absolute atomic E-state index is 9.68. The lowest BCUT2D eigenvalue weighted by molar-refractivity contribution is 0.107. The number of aliphatic hydroxyl groups is 1. The standard InChI is InChI=1S/C16H30O/c1-6-14(3)10-8-11-15(4)12-9-13-16(5,17)7-2/h2,14-15,17H,6,8-13H2,1,3-5H3. The van der Waals surface area contributed by atoms with Gasteiger partial charge in [0.05, 0.1) is 0 Å². The summed E-state index contributed by atoms with van der Waals surface area (Å²) in [6, 6.07) is 0. The maximum Gasteiger partial charge on any atom is 0.122 e. The molecule has 0 aromatic heterocycles. The zero-order valence-corrected chi connectivity index (χ0v) is 12.1. The molecule has 1 heteroatoms. The smallest absolute Gasteiger partial charge is 0.122 e. The second kappa shape index (κ2) is 8.59. The summed E-state index contributed by atoms with van der Waals surface area (Å²) >= 11 is 0. The van der Waals surface area contributed by atoms with E-state index in [2.05, 4.69) is 26.7 Å². The van der Waals surface area contributed by atoms with Crippen LogP contribution >= 0.6 is 0 Å². The Kier molecular flexibility index (Phi) is 8.35. The third kappa shape index (κ3) is 9.24. The fourth-order valence-electron chi connectivity index (χ4n) is 2.03. The Labute approximate surface area is 108 Å². The van der Waals surface area contributed by atoms with Crippen molar-refractivity contribution in [3.8, 4) is 12.3 Å². The Hall–Kier alpha value is -0.480. The van der Waals surface area contributed by atoms with Gasteiger partial charge in [0.25, 0.3) is 0 Å². The van der Waals surface area contributed by atoms with E-state index in [1.807, 2.05) is 0 Å². The van der Waals surface area contributed by atoms with E-state index in [0.29, 0.717) is 0 Å². The van der Waals surface area contributed by atoms with E-state index in [9.17, 15) is 5.11 Å². The van der Waals surface area contributed by atoms with Crippen molar-refractivity contribution in [3.05, 3.63) is 0 Å². The molecular weight excluding hydrogens is 208 g/mol. The van der Waals surface area contributed by atoms with Crippen LogP contribution in [0.2, 0.25) is 0 Å². The van der Waals surface area contributed by atoms with Crippen molar-refractivity contribution in [2.24, 2.45) is 11.8 Å². The van der Waals surface area contributed by atoms with Gasteiger partial charge in [-0.05, 0) is 31.6 Å². The average molecular weight is 238 g/mol. The molecule has 3 unspecified atom stereocenters. The van der Waals surface area contributed by atoms with Crippen LogP contribution in [0.5, 0.6) is 0 Å². The van der Waals surface area contributed by atoms with E-state index < -0.39 is 5.60 Å². The van der Waals surface area contributed by atoms with E-state index in [4.69, 9.17) is 6.42 Å². The van der Waals surface area contributed by atoms with E-state index in [-0.39, 0.29) is 0 Å². The molecule has 0 aliphatic heterocycles. The first-order valence-electron chi connectivity index (χ1n) is 7.11.